The molecule has 0 aliphatic carbocycles. The molecule has 3 aromatic rings. The summed E-state index contributed by atoms with van der Waals surface area (Å²) in [5, 5.41) is 4.45. The number of thioether (sulfide) groups is 1. The molecule has 2 N–H and O–H groups in total. The molecule has 3 atom stereocenters. The van der Waals surface area contributed by atoms with Gasteiger partial charge in [-0.2, -0.15) is 8.42 Å². The maximum Gasteiger partial charge on any atom is 0.408 e. The Bertz CT molecular complexity index is 1770. The summed E-state index contributed by atoms with van der Waals surface area (Å²) in [5.74, 6) is -2.75. The number of hydrogen-bond acceptors (Lipinski definition) is 10. The highest BCUT2D eigenvalue weighted by atomic mass is 32.2. The van der Waals surface area contributed by atoms with Crippen molar-refractivity contribution in [2.24, 2.45) is 0 Å². The van der Waals surface area contributed by atoms with E-state index in [0.29, 0.717) is 16.7 Å². The second-order valence-corrected chi connectivity index (χ2v) is 14.7. The number of carbonyl (C=O) groups is 4. The summed E-state index contributed by atoms with van der Waals surface area (Å²) in [6, 6.07) is 24.0. The van der Waals surface area contributed by atoms with Crippen LogP contribution in [0.25, 0.3) is 0 Å². The van der Waals surface area contributed by atoms with Gasteiger partial charge in [-0.05, 0) is 37.5 Å². The summed E-state index contributed by atoms with van der Waals surface area (Å²) in [6.07, 6.45) is -0.891. The van der Waals surface area contributed by atoms with Gasteiger partial charge in [0.1, 0.15) is 23.1 Å². The molecule has 0 bridgehead atoms. The van der Waals surface area contributed by atoms with Crippen molar-refractivity contribution in [3.63, 3.8) is 0 Å². The zero-order chi connectivity index (χ0) is 34.6. The molecule has 1 saturated heterocycles. The Hall–Kier alpha value is -4.82. The lowest BCUT2D eigenvalue weighted by Gasteiger charge is -2.49. The van der Waals surface area contributed by atoms with E-state index >= 15 is 0 Å². The molecule has 2 aliphatic heterocycles. The molecule has 12 nitrogen and oxygen atoms in total. The SMILES string of the molecule is CC(C)(C)OC(=O)NC(C(=O)N[C@@H]1C(=O)N2C(C(=O)OC(c3ccccc3)c3ccccc3)=C(OS(C)(=O)=O)CS[C@@H]12)c1ccccc1. The van der Waals surface area contributed by atoms with Crippen molar-refractivity contribution in [1.82, 2.24) is 15.5 Å². The van der Waals surface area contributed by atoms with Gasteiger partial charge in [0.15, 0.2) is 17.6 Å². The van der Waals surface area contributed by atoms with Gasteiger partial charge in [0, 0.05) is 0 Å². The smallest absolute Gasteiger partial charge is 0.408 e. The fourth-order valence-corrected chi connectivity index (χ4v) is 7.01. The fourth-order valence-electron chi connectivity index (χ4n) is 5.18. The molecule has 5 rings (SSSR count). The van der Waals surface area contributed by atoms with Gasteiger partial charge < -0.3 is 24.3 Å². The third-order valence-electron chi connectivity index (χ3n) is 7.16. The summed E-state index contributed by atoms with van der Waals surface area (Å²) in [7, 11) is -4.10. The first-order chi connectivity index (χ1) is 22.7. The van der Waals surface area contributed by atoms with Gasteiger partial charge in [0.05, 0.1) is 12.0 Å². The average molecular weight is 694 g/mol. The molecule has 2 aliphatic rings. The normalized spacial score (nSPS) is 18.3. The lowest BCUT2D eigenvalue weighted by atomic mass is 10.0. The quantitative estimate of drug-likeness (QED) is 0.179. The highest BCUT2D eigenvalue weighted by Crippen LogP contribution is 2.42. The Kier molecular flexibility index (Phi) is 10.2. The Morgan fingerprint density at radius 1 is 0.875 bits per heavy atom. The molecule has 14 heteroatoms. The van der Waals surface area contributed by atoms with E-state index in [4.69, 9.17) is 13.7 Å². The first-order valence-corrected chi connectivity index (χ1v) is 17.8. The van der Waals surface area contributed by atoms with Crippen molar-refractivity contribution in [1.29, 1.82) is 0 Å². The molecule has 3 aromatic carbocycles. The lowest BCUT2D eigenvalue weighted by Crippen LogP contribution is -2.71. The van der Waals surface area contributed by atoms with Gasteiger partial charge in [0.2, 0.25) is 5.91 Å². The predicted molar refractivity (Wildman–Crippen MR) is 177 cm³/mol. The number of benzene rings is 3. The Labute approximate surface area is 282 Å². The van der Waals surface area contributed by atoms with Crippen LogP contribution in [0.4, 0.5) is 4.79 Å². The molecule has 0 radical (unpaired) electrons. The molecule has 48 heavy (non-hydrogen) atoms. The van der Waals surface area contributed by atoms with Gasteiger partial charge in [0.25, 0.3) is 5.91 Å². The predicted octanol–water partition coefficient (Wildman–Crippen LogP) is 4.17. The van der Waals surface area contributed by atoms with Crippen LogP contribution in [0.5, 0.6) is 0 Å². The van der Waals surface area contributed by atoms with Crippen LogP contribution in [0.1, 0.15) is 49.6 Å². The van der Waals surface area contributed by atoms with Crippen LogP contribution in [0.3, 0.4) is 0 Å². The van der Waals surface area contributed by atoms with Crippen LogP contribution in [0.15, 0.2) is 102 Å². The number of esters is 1. The Morgan fingerprint density at radius 2 is 1.40 bits per heavy atom. The third kappa shape index (κ3) is 8.17. The van der Waals surface area contributed by atoms with Crippen LogP contribution < -0.4 is 10.6 Å². The molecule has 0 aromatic heterocycles. The van der Waals surface area contributed by atoms with E-state index in [1.807, 2.05) is 12.1 Å². The lowest BCUT2D eigenvalue weighted by molar-refractivity contribution is -0.155. The van der Waals surface area contributed by atoms with Gasteiger partial charge in [-0.3, -0.25) is 14.5 Å². The number of hydrogen-bond donors (Lipinski definition) is 2. The number of β-lactam (4-membered cyclic amide) rings is 1. The molecule has 0 saturated carbocycles. The minimum atomic E-state index is -4.10. The van der Waals surface area contributed by atoms with Crippen molar-refractivity contribution in [2.45, 2.75) is 49.9 Å². The highest BCUT2D eigenvalue weighted by Gasteiger charge is 2.56. The maximum absolute atomic E-state index is 13.9. The largest absolute Gasteiger partial charge is 0.448 e. The molecule has 1 unspecified atom stereocenters. The van der Waals surface area contributed by atoms with Crippen LogP contribution in [0.2, 0.25) is 0 Å². The zero-order valence-corrected chi connectivity index (χ0v) is 28.2. The zero-order valence-electron chi connectivity index (χ0n) is 26.6. The number of carbonyl (C=O) groups excluding carboxylic acids is 4. The minimum absolute atomic E-state index is 0.113. The van der Waals surface area contributed by atoms with Crippen LogP contribution in [-0.4, -0.2) is 66.2 Å². The number of rotatable bonds is 10. The van der Waals surface area contributed by atoms with E-state index in [-0.39, 0.29) is 17.2 Å². The summed E-state index contributed by atoms with van der Waals surface area (Å²) in [5.41, 5.74) is 0.544. The fraction of sp³-hybridized carbons (Fsp3) is 0.294. The number of nitrogens with zero attached hydrogens (tertiary/aromatic N) is 1. The van der Waals surface area contributed by atoms with E-state index in [0.717, 1.165) is 22.9 Å². The molecule has 2 heterocycles. The van der Waals surface area contributed by atoms with Crippen LogP contribution in [0, 0.1) is 0 Å². The molecule has 0 spiro atoms. The second-order valence-electron chi connectivity index (χ2n) is 12.1. The topological polar surface area (TPSA) is 157 Å². The Balaban J connectivity index is 1.41. The van der Waals surface area contributed by atoms with Crippen molar-refractivity contribution >= 4 is 45.8 Å². The van der Waals surface area contributed by atoms with Gasteiger partial charge in [-0.15, -0.1) is 11.8 Å². The summed E-state index contributed by atoms with van der Waals surface area (Å²) in [6.45, 7) is 5.06. The van der Waals surface area contributed by atoms with Crippen molar-refractivity contribution in [2.75, 3.05) is 12.0 Å². The van der Waals surface area contributed by atoms with Gasteiger partial charge >= 0.3 is 22.2 Å². The maximum atomic E-state index is 13.9. The first-order valence-electron chi connectivity index (χ1n) is 14.9. The van der Waals surface area contributed by atoms with E-state index < -0.39 is 63.2 Å². The molecular formula is C34H35N3O9S2. The van der Waals surface area contributed by atoms with Crippen molar-refractivity contribution in [3.05, 3.63) is 119 Å². The summed E-state index contributed by atoms with van der Waals surface area (Å²) in [4.78, 5) is 55.0. The van der Waals surface area contributed by atoms with Gasteiger partial charge in [-0.25, -0.2) is 9.59 Å². The Morgan fingerprint density at radius 3 is 1.90 bits per heavy atom. The summed E-state index contributed by atoms with van der Waals surface area (Å²) < 4.78 is 40.9. The second kappa shape index (κ2) is 14.1. The van der Waals surface area contributed by atoms with E-state index in [1.165, 1.54) is 0 Å². The third-order valence-corrected chi connectivity index (χ3v) is 8.92. The highest BCUT2D eigenvalue weighted by molar-refractivity contribution is 8.00. The standard InChI is InChI=1S/C34H35N3O9S2/c1-34(2,3)45-33(41)36-25(21-14-8-5-9-15-21)29(38)35-26-30(39)37-27(24(20-47-31(26)37)46-48(4,42)43)32(40)44-28(22-16-10-6-11-17-22)23-18-12-7-13-19-23/h5-19,25-26,28,31H,20H2,1-4H3,(H,35,38)(H,36,41)/t25?,26-,31+/m1/s1. The molecule has 1 fully saturated rings. The number of ether oxygens (including phenoxy) is 2. The van der Waals surface area contributed by atoms with Crippen molar-refractivity contribution < 1.29 is 41.3 Å². The molecule has 252 valence electrons. The van der Waals surface area contributed by atoms with Crippen LogP contribution in [-0.2, 0) is 38.2 Å². The van der Waals surface area contributed by atoms with E-state index in [1.54, 1.807) is 99.6 Å². The first kappa shape index (κ1) is 34.5. The number of nitrogens with one attached hydrogen (secondary N) is 2. The van der Waals surface area contributed by atoms with Gasteiger partial charge in [-0.1, -0.05) is 91.0 Å². The number of alkyl carbamates (subject to hydrolysis) is 1. The molecular weight excluding hydrogens is 659 g/mol. The summed E-state index contributed by atoms with van der Waals surface area (Å²) >= 11 is 1.10. The number of fused-ring (bicyclic) bond motifs is 1. The van der Waals surface area contributed by atoms with E-state index in [9.17, 15) is 27.6 Å². The van der Waals surface area contributed by atoms with Crippen molar-refractivity contribution in [3.8, 4) is 0 Å². The number of amides is 3. The average Bonchev–Trinajstić information content (AvgIpc) is 3.04. The monoisotopic (exact) mass is 693 g/mol. The van der Waals surface area contributed by atoms with E-state index in [2.05, 4.69) is 10.6 Å². The molecule has 3 amide bonds. The van der Waals surface area contributed by atoms with Crippen LogP contribution >= 0.6 is 11.8 Å². The minimum Gasteiger partial charge on any atom is -0.448 e.